The minimum Gasteiger partial charge on any atom is -0.342 e. The Labute approximate surface area is 118 Å². The Balaban J connectivity index is 1.61. The molecular formula is C15H19ClN2O. The molecule has 0 aliphatic carbocycles. The smallest absolute Gasteiger partial charge is 0.227 e. The lowest BCUT2D eigenvalue weighted by Crippen LogP contribution is -2.47. The summed E-state index contributed by atoms with van der Waals surface area (Å²) in [4.78, 5) is 14.4. The fourth-order valence-electron chi connectivity index (χ4n) is 3.21. The summed E-state index contributed by atoms with van der Waals surface area (Å²) < 4.78 is 0. The van der Waals surface area contributed by atoms with E-state index in [4.69, 9.17) is 11.6 Å². The molecule has 0 spiro atoms. The zero-order valence-electron chi connectivity index (χ0n) is 10.9. The van der Waals surface area contributed by atoms with Crippen molar-refractivity contribution in [3.8, 4) is 0 Å². The van der Waals surface area contributed by atoms with Gasteiger partial charge in [-0.1, -0.05) is 23.7 Å². The first kappa shape index (κ1) is 12.9. The molecule has 1 aromatic rings. The number of fused-ring (bicyclic) bond motifs is 1. The van der Waals surface area contributed by atoms with E-state index in [1.54, 1.807) is 0 Å². The first-order chi connectivity index (χ1) is 9.22. The van der Waals surface area contributed by atoms with E-state index in [2.05, 4.69) is 5.32 Å². The lowest BCUT2D eigenvalue weighted by Gasteiger charge is -2.35. The Kier molecular flexibility index (Phi) is 3.76. The van der Waals surface area contributed by atoms with Crippen molar-refractivity contribution < 1.29 is 4.79 Å². The molecule has 2 aliphatic heterocycles. The van der Waals surface area contributed by atoms with Crippen molar-refractivity contribution in [3.05, 3.63) is 34.9 Å². The van der Waals surface area contributed by atoms with E-state index >= 15 is 0 Å². The Morgan fingerprint density at radius 3 is 3.16 bits per heavy atom. The third kappa shape index (κ3) is 2.93. The Morgan fingerprint density at radius 1 is 1.42 bits per heavy atom. The monoisotopic (exact) mass is 278 g/mol. The minimum atomic E-state index is 0.229. The molecule has 2 heterocycles. The zero-order valence-corrected chi connectivity index (χ0v) is 11.7. The summed E-state index contributed by atoms with van der Waals surface area (Å²) in [5, 5.41) is 4.22. The van der Waals surface area contributed by atoms with E-state index in [0.29, 0.717) is 23.4 Å². The number of likely N-dealkylation sites (tertiary alicyclic amines) is 1. The number of halogens is 1. The summed E-state index contributed by atoms with van der Waals surface area (Å²) in [5.41, 5.74) is 1.00. The molecule has 2 atom stereocenters. The van der Waals surface area contributed by atoms with E-state index in [1.807, 2.05) is 29.2 Å². The molecule has 3 nitrogen and oxygen atoms in total. The van der Waals surface area contributed by atoms with Gasteiger partial charge in [-0.3, -0.25) is 4.79 Å². The quantitative estimate of drug-likeness (QED) is 0.898. The van der Waals surface area contributed by atoms with Gasteiger partial charge < -0.3 is 10.2 Å². The third-order valence-corrected chi connectivity index (χ3v) is 4.49. The first-order valence-electron chi connectivity index (χ1n) is 6.98. The van der Waals surface area contributed by atoms with Crippen molar-refractivity contribution in [3.63, 3.8) is 0 Å². The summed E-state index contributed by atoms with van der Waals surface area (Å²) in [6.45, 7) is 2.90. The van der Waals surface area contributed by atoms with Crippen LogP contribution in [0, 0.1) is 5.92 Å². The van der Waals surface area contributed by atoms with E-state index < -0.39 is 0 Å². The Hall–Kier alpha value is -1.06. The molecule has 3 rings (SSSR count). The van der Waals surface area contributed by atoms with Crippen LogP contribution in [0.5, 0.6) is 0 Å². The molecule has 4 heteroatoms. The molecule has 1 N–H and O–H groups in total. The molecule has 1 aromatic carbocycles. The lowest BCUT2D eigenvalue weighted by molar-refractivity contribution is -0.132. The summed E-state index contributed by atoms with van der Waals surface area (Å²) in [7, 11) is 0. The third-order valence-electron chi connectivity index (χ3n) is 4.25. The number of amides is 1. The standard InChI is InChI=1S/C15H19ClN2O/c16-13-3-1-2-11(8-13)9-15(19)18-7-5-14-12(10-18)4-6-17-14/h1-3,8,12,14,17H,4-7,9-10H2. The molecule has 0 radical (unpaired) electrons. The van der Waals surface area contributed by atoms with Gasteiger partial charge in [-0.25, -0.2) is 0 Å². The molecular weight excluding hydrogens is 260 g/mol. The number of rotatable bonds is 2. The highest BCUT2D eigenvalue weighted by Gasteiger charge is 2.34. The maximum Gasteiger partial charge on any atom is 0.227 e. The van der Waals surface area contributed by atoms with Crippen LogP contribution in [-0.2, 0) is 11.2 Å². The van der Waals surface area contributed by atoms with Crippen molar-refractivity contribution in [1.29, 1.82) is 0 Å². The highest BCUT2D eigenvalue weighted by Crippen LogP contribution is 2.25. The van der Waals surface area contributed by atoms with Crippen molar-refractivity contribution in [2.24, 2.45) is 5.92 Å². The molecule has 2 fully saturated rings. The molecule has 0 aromatic heterocycles. The summed E-state index contributed by atoms with van der Waals surface area (Å²) in [5.74, 6) is 0.879. The second kappa shape index (κ2) is 5.51. The van der Waals surface area contributed by atoms with Crippen LogP contribution in [0.3, 0.4) is 0 Å². The molecule has 2 saturated heterocycles. The molecule has 0 bridgehead atoms. The molecule has 2 unspecified atom stereocenters. The summed E-state index contributed by atoms with van der Waals surface area (Å²) in [6, 6.07) is 8.22. The average Bonchev–Trinajstić information content (AvgIpc) is 2.85. The molecule has 2 aliphatic rings. The van der Waals surface area contributed by atoms with Gasteiger partial charge in [0, 0.05) is 24.2 Å². The fourth-order valence-corrected chi connectivity index (χ4v) is 3.42. The van der Waals surface area contributed by atoms with Gasteiger partial charge in [0.25, 0.3) is 0 Å². The number of hydrogen-bond donors (Lipinski definition) is 1. The zero-order chi connectivity index (χ0) is 13.2. The van der Waals surface area contributed by atoms with Crippen LogP contribution in [0.4, 0.5) is 0 Å². The fraction of sp³-hybridized carbons (Fsp3) is 0.533. The van der Waals surface area contributed by atoms with Crippen LogP contribution in [0.1, 0.15) is 18.4 Å². The SMILES string of the molecule is O=C(Cc1cccc(Cl)c1)N1CCC2NCCC2C1. The number of nitrogens with zero attached hydrogens (tertiary/aromatic N) is 1. The minimum absolute atomic E-state index is 0.229. The van der Waals surface area contributed by atoms with Gasteiger partial charge in [0.15, 0.2) is 0 Å². The average molecular weight is 279 g/mol. The van der Waals surface area contributed by atoms with Crippen LogP contribution in [0.2, 0.25) is 5.02 Å². The van der Waals surface area contributed by atoms with E-state index in [-0.39, 0.29) is 5.91 Å². The van der Waals surface area contributed by atoms with Crippen molar-refractivity contribution in [2.75, 3.05) is 19.6 Å². The second-order valence-electron chi connectivity index (χ2n) is 5.54. The maximum absolute atomic E-state index is 12.3. The second-order valence-corrected chi connectivity index (χ2v) is 5.98. The van der Waals surface area contributed by atoms with Crippen LogP contribution in [0.25, 0.3) is 0 Å². The first-order valence-corrected chi connectivity index (χ1v) is 7.36. The van der Waals surface area contributed by atoms with E-state index in [1.165, 1.54) is 6.42 Å². The Morgan fingerprint density at radius 2 is 2.32 bits per heavy atom. The van der Waals surface area contributed by atoms with E-state index in [0.717, 1.165) is 31.6 Å². The number of benzene rings is 1. The van der Waals surface area contributed by atoms with Crippen molar-refractivity contribution in [1.82, 2.24) is 10.2 Å². The van der Waals surface area contributed by atoms with Crippen molar-refractivity contribution >= 4 is 17.5 Å². The number of carbonyl (C=O) groups excluding carboxylic acids is 1. The van der Waals surface area contributed by atoms with Crippen molar-refractivity contribution in [2.45, 2.75) is 25.3 Å². The molecule has 0 saturated carbocycles. The van der Waals surface area contributed by atoms with Crippen LogP contribution in [0.15, 0.2) is 24.3 Å². The van der Waals surface area contributed by atoms with Crippen LogP contribution < -0.4 is 5.32 Å². The molecule has 19 heavy (non-hydrogen) atoms. The maximum atomic E-state index is 12.3. The van der Waals surface area contributed by atoms with Crippen LogP contribution >= 0.6 is 11.6 Å². The van der Waals surface area contributed by atoms with Gasteiger partial charge in [-0.15, -0.1) is 0 Å². The molecule has 1 amide bonds. The summed E-state index contributed by atoms with van der Waals surface area (Å²) in [6.07, 6.45) is 2.75. The number of hydrogen-bond acceptors (Lipinski definition) is 2. The van der Waals surface area contributed by atoms with Crippen LogP contribution in [-0.4, -0.2) is 36.5 Å². The number of piperidine rings is 1. The Bertz CT molecular complexity index is 477. The predicted molar refractivity (Wildman–Crippen MR) is 76.3 cm³/mol. The van der Waals surface area contributed by atoms with Gasteiger partial charge in [0.1, 0.15) is 0 Å². The van der Waals surface area contributed by atoms with Gasteiger partial charge in [-0.2, -0.15) is 0 Å². The van der Waals surface area contributed by atoms with Gasteiger partial charge in [0.2, 0.25) is 5.91 Å². The van der Waals surface area contributed by atoms with E-state index in [9.17, 15) is 4.79 Å². The lowest BCUT2D eigenvalue weighted by atomic mass is 9.93. The predicted octanol–water partition coefficient (Wildman–Crippen LogP) is 2.09. The topological polar surface area (TPSA) is 32.3 Å². The number of carbonyl (C=O) groups is 1. The van der Waals surface area contributed by atoms with Gasteiger partial charge >= 0.3 is 0 Å². The highest BCUT2D eigenvalue weighted by molar-refractivity contribution is 6.30. The summed E-state index contributed by atoms with van der Waals surface area (Å²) >= 11 is 5.95. The normalized spacial score (nSPS) is 26.3. The number of nitrogens with one attached hydrogen (secondary N) is 1. The van der Waals surface area contributed by atoms with Gasteiger partial charge in [0.05, 0.1) is 6.42 Å². The highest BCUT2D eigenvalue weighted by atomic mass is 35.5. The molecule has 102 valence electrons. The largest absolute Gasteiger partial charge is 0.342 e. The van der Waals surface area contributed by atoms with Gasteiger partial charge in [-0.05, 0) is 43.0 Å².